The van der Waals surface area contributed by atoms with Crippen LogP contribution < -0.4 is 4.90 Å². The molecule has 0 unspecified atom stereocenters. The lowest BCUT2D eigenvalue weighted by Gasteiger charge is -2.24. The third-order valence-electron chi connectivity index (χ3n) is 3.17. The van der Waals surface area contributed by atoms with Crippen molar-refractivity contribution in [3.05, 3.63) is 29.8 Å². The van der Waals surface area contributed by atoms with E-state index in [2.05, 4.69) is 36.1 Å². The van der Waals surface area contributed by atoms with Crippen molar-refractivity contribution in [1.29, 1.82) is 0 Å². The van der Waals surface area contributed by atoms with Crippen LogP contribution in [0.2, 0.25) is 0 Å². The average molecular weight is 235 g/mol. The van der Waals surface area contributed by atoms with E-state index >= 15 is 0 Å². The van der Waals surface area contributed by atoms with E-state index in [1.807, 2.05) is 11.8 Å². The first-order chi connectivity index (χ1) is 7.92. The Bertz CT molecular complexity index is 324. The van der Waals surface area contributed by atoms with Gasteiger partial charge in [0.15, 0.2) is 0 Å². The Labute approximate surface area is 103 Å². The fraction of sp³-hybridized carbons (Fsp3) is 0.571. The molecule has 1 aliphatic rings. The van der Waals surface area contributed by atoms with Crippen LogP contribution in [0.15, 0.2) is 24.3 Å². The maximum absolute atomic E-state index is 2.57. The van der Waals surface area contributed by atoms with Gasteiger partial charge in [-0.25, -0.2) is 0 Å². The molecule has 1 nitrogen and oxygen atoms in total. The number of nitrogens with zero attached hydrogens (tertiary/aromatic N) is 1. The molecule has 0 aromatic heterocycles. The molecule has 0 N–H and O–H groups in total. The second-order valence-corrected chi connectivity index (χ2v) is 5.66. The standard InChI is InChI=1S/C14H21NS/c1-2-16-12-11-15-10-6-5-8-13-7-3-4-9-14(13)15/h3-4,7,9H,2,5-6,8,10-12H2,1H3. The van der Waals surface area contributed by atoms with Gasteiger partial charge in [-0.15, -0.1) is 0 Å². The minimum Gasteiger partial charge on any atom is -0.370 e. The predicted molar refractivity (Wildman–Crippen MR) is 74.6 cm³/mol. The van der Waals surface area contributed by atoms with Gasteiger partial charge in [0.25, 0.3) is 0 Å². The van der Waals surface area contributed by atoms with Crippen LogP contribution in [0.1, 0.15) is 25.3 Å². The van der Waals surface area contributed by atoms with Crippen LogP contribution in [0.25, 0.3) is 0 Å². The van der Waals surface area contributed by atoms with Gasteiger partial charge in [0.2, 0.25) is 0 Å². The summed E-state index contributed by atoms with van der Waals surface area (Å²) in [5.41, 5.74) is 3.03. The van der Waals surface area contributed by atoms with E-state index in [1.165, 1.54) is 49.5 Å². The normalized spacial score (nSPS) is 15.7. The zero-order valence-corrected chi connectivity index (χ0v) is 10.9. The lowest BCUT2D eigenvalue weighted by atomic mass is 10.1. The molecule has 0 spiro atoms. The molecular weight excluding hydrogens is 214 g/mol. The summed E-state index contributed by atoms with van der Waals surface area (Å²) in [4.78, 5) is 2.57. The van der Waals surface area contributed by atoms with Crippen molar-refractivity contribution in [1.82, 2.24) is 0 Å². The molecule has 0 atom stereocenters. The van der Waals surface area contributed by atoms with Crippen molar-refractivity contribution >= 4 is 17.4 Å². The lowest BCUT2D eigenvalue weighted by Crippen LogP contribution is -2.26. The highest BCUT2D eigenvalue weighted by atomic mass is 32.2. The SMILES string of the molecule is CCSCCN1CCCCc2ccccc21. The molecule has 0 radical (unpaired) electrons. The molecule has 1 aromatic rings. The first-order valence-electron chi connectivity index (χ1n) is 6.32. The van der Waals surface area contributed by atoms with Crippen molar-refractivity contribution in [2.75, 3.05) is 29.5 Å². The van der Waals surface area contributed by atoms with E-state index in [0.29, 0.717) is 0 Å². The third kappa shape index (κ3) is 2.94. The molecule has 1 aromatic carbocycles. The Morgan fingerprint density at radius 3 is 3.00 bits per heavy atom. The highest BCUT2D eigenvalue weighted by Gasteiger charge is 2.13. The molecule has 0 saturated carbocycles. The number of fused-ring (bicyclic) bond motifs is 1. The molecule has 0 saturated heterocycles. The number of rotatable bonds is 4. The molecule has 0 fully saturated rings. The van der Waals surface area contributed by atoms with Gasteiger partial charge in [-0.3, -0.25) is 0 Å². The molecular formula is C14H21NS. The Morgan fingerprint density at radius 2 is 2.12 bits per heavy atom. The largest absolute Gasteiger partial charge is 0.370 e. The maximum Gasteiger partial charge on any atom is 0.0399 e. The fourth-order valence-corrected chi connectivity index (χ4v) is 2.96. The van der Waals surface area contributed by atoms with Crippen molar-refractivity contribution in [2.24, 2.45) is 0 Å². The van der Waals surface area contributed by atoms with Crippen molar-refractivity contribution in [3.8, 4) is 0 Å². The number of hydrogen-bond acceptors (Lipinski definition) is 2. The molecule has 2 rings (SSSR count). The molecule has 0 bridgehead atoms. The van der Waals surface area contributed by atoms with Crippen LogP contribution in [-0.4, -0.2) is 24.6 Å². The van der Waals surface area contributed by atoms with Gasteiger partial charge in [0.05, 0.1) is 0 Å². The van der Waals surface area contributed by atoms with E-state index < -0.39 is 0 Å². The number of benzene rings is 1. The average Bonchev–Trinajstić information content (AvgIpc) is 2.52. The zero-order chi connectivity index (χ0) is 11.2. The topological polar surface area (TPSA) is 3.24 Å². The number of thioether (sulfide) groups is 1. The monoisotopic (exact) mass is 235 g/mol. The smallest absolute Gasteiger partial charge is 0.0399 e. The Morgan fingerprint density at radius 1 is 1.25 bits per heavy atom. The van der Waals surface area contributed by atoms with Crippen LogP contribution in [-0.2, 0) is 6.42 Å². The van der Waals surface area contributed by atoms with Crippen LogP contribution in [0.3, 0.4) is 0 Å². The molecule has 0 aliphatic carbocycles. The summed E-state index contributed by atoms with van der Waals surface area (Å²) in [5, 5.41) is 0. The van der Waals surface area contributed by atoms with E-state index in [0.717, 1.165) is 0 Å². The Balaban J connectivity index is 2.06. The first kappa shape index (κ1) is 11.8. The van der Waals surface area contributed by atoms with Crippen molar-refractivity contribution < 1.29 is 0 Å². The fourth-order valence-electron chi connectivity index (χ4n) is 2.32. The van der Waals surface area contributed by atoms with Gasteiger partial charge in [-0.1, -0.05) is 25.1 Å². The summed E-state index contributed by atoms with van der Waals surface area (Å²) in [6.45, 7) is 4.68. The van der Waals surface area contributed by atoms with Crippen LogP contribution in [0.5, 0.6) is 0 Å². The molecule has 88 valence electrons. The molecule has 2 heteroatoms. The predicted octanol–water partition coefficient (Wildman–Crippen LogP) is 3.58. The summed E-state index contributed by atoms with van der Waals surface area (Å²) >= 11 is 2.04. The Hall–Kier alpha value is -0.630. The number of anilines is 1. The van der Waals surface area contributed by atoms with Crippen LogP contribution in [0.4, 0.5) is 5.69 Å². The summed E-state index contributed by atoms with van der Waals surface area (Å²) in [7, 11) is 0. The molecule has 16 heavy (non-hydrogen) atoms. The van der Waals surface area contributed by atoms with Gasteiger partial charge in [0, 0.05) is 24.5 Å². The summed E-state index contributed by atoms with van der Waals surface area (Å²) in [6, 6.07) is 8.92. The van der Waals surface area contributed by atoms with Crippen molar-refractivity contribution in [3.63, 3.8) is 0 Å². The zero-order valence-electron chi connectivity index (χ0n) is 10.1. The van der Waals surface area contributed by atoms with Crippen molar-refractivity contribution in [2.45, 2.75) is 26.2 Å². The summed E-state index contributed by atoms with van der Waals surface area (Å²) < 4.78 is 0. The molecule has 1 heterocycles. The van der Waals surface area contributed by atoms with E-state index in [9.17, 15) is 0 Å². The highest BCUT2D eigenvalue weighted by molar-refractivity contribution is 7.99. The van der Waals surface area contributed by atoms with Gasteiger partial charge in [0.1, 0.15) is 0 Å². The van der Waals surface area contributed by atoms with Gasteiger partial charge < -0.3 is 4.90 Å². The highest BCUT2D eigenvalue weighted by Crippen LogP contribution is 2.26. The molecule has 1 aliphatic heterocycles. The summed E-state index contributed by atoms with van der Waals surface area (Å²) in [6.07, 6.45) is 3.94. The second kappa shape index (κ2) is 6.19. The lowest BCUT2D eigenvalue weighted by molar-refractivity contribution is 0.728. The quantitative estimate of drug-likeness (QED) is 0.734. The van der Waals surface area contributed by atoms with E-state index in [-0.39, 0.29) is 0 Å². The van der Waals surface area contributed by atoms with Gasteiger partial charge in [-0.05, 0) is 36.6 Å². The minimum absolute atomic E-state index is 1.20. The molecule has 0 amide bonds. The number of para-hydroxylation sites is 1. The van der Waals surface area contributed by atoms with Gasteiger partial charge in [-0.2, -0.15) is 11.8 Å². The number of hydrogen-bond donors (Lipinski definition) is 0. The van der Waals surface area contributed by atoms with E-state index in [1.54, 1.807) is 5.56 Å². The second-order valence-electron chi connectivity index (χ2n) is 4.27. The van der Waals surface area contributed by atoms with E-state index in [4.69, 9.17) is 0 Å². The van der Waals surface area contributed by atoms with Crippen LogP contribution in [0, 0.1) is 0 Å². The third-order valence-corrected chi connectivity index (χ3v) is 4.05. The Kier molecular flexibility index (Phi) is 4.58. The minimum atomic E-state index is 1.20. The van der Waals surface area contributed by atoms with Gasteiger partial charge >= 0.3 is 0 Å². The number of aryl methyl sites for hydroxylation is 1. The first-order valence-corrected chi connectivity index (χ1v) is 7.48. The maximum atomic E-state index is 2.57. The van der Waals surface area contributed by atoms with Crippen LogP contribution >= 0.6 is 11.8 Å². The summed E-state index contributed by atoms with van der Waals surface area (Å²) in [5.74, 6) is 2.49.